The van der Waals surface area contributed by atoms with Crippen LogP contribution in [0.3, 0.4) is 0 Å². The molecule has 4 heteroatoms. The van der Waals surface area contributed by atoms with E-state index in [0.717, 1.165) is 11.1 Å². The first kappa shape index (κ1) is 18.6. The van der Waals surface area contributed by atoms with Gasteiger partial charge in [0.2, 0.25) is 0 Å². The molecule has 1 N–H and O–H groups in total. The number of ether oxygens (including phenoxy) is 1. The number of carbonyl (C=O) groups excluding carboxylic acids is 1. The lowest BCUT2D eigenvalue weighted by Gasteiger charge is -2.21. The van der Waals surface area contributed by atoms with Gasteiger partial charge in [-0.3, -0.25) is 0 Å². The highest BCUT2D eigenvalue weighted by Gasteiger charge is 2.21. The number of halogens is 1. The second-order valence-electron chi connectivity index (χ2n) is 7.26. The zero-order valence-electron chi connectivity index (χ0n) is 15.6. The Morgan fingerprint density at radius 2 is 1.56 bits per heavy atom. The molecule has 27 heavy (non-hydrogen) atoms. The molecule has 3 rings (SSSR count). The predicted molar refractivity (Wildman–Crippen MR) is 107 cm³/mol. The third-order valence-corrected chi connectivity index (χ3v) is 3.87. The van der Waals surface area contributed by atoms with E-state index < -0.39 is 11.6 Å². The van der Waals surface area contributed by atoms with E-state index in [2.05, 4.69) is 5.32 Å². The van der Waals surface area contributed by atoms with Gasteiger partial charge in [0, 0.05) is 5.69 Å². The van der Waals surface area contributed by atoms with E-state index >= 15 is 0 Å². The van der Waals surface area contributed by atoms with Gasteiger partial charge in [0.25, 0.3) is 0 Å². The molecule has 0 radical (unpaired) electrons. The molecule has 0 aliphatic heterocycles. The highest BCUT2D eigenvalue weighted by Crippen LogP contribution is 2.29. The number of esters is 1. The van der Waals surface area contributed by atoms with Gasteiger partial charge in [-0.1, -0.05) is 36.4 Å². The zero-order valence-corrected chi connectivity index (χ0v) is 15.6. The maximum absolute atomic E-state index is 13.2. The van der Waals surface area contributed by atoms with E-state index in [4.69, 9.17) is 4.74 Å². The SMILES string of the molecule is CC(C)(C)OC(=O)c1ccc(-c2ccccc2)cc1Nc1ccc(F)cc1. The largest absolute Gasteiger partial charge is 0.456 e. The van der Waals surface area contributed by atoms with E-state index in [1.54, 1.807) is 18.2 Å². The fourth-order valence-electron chi connectivity index (χ4n) is 2.66. The minimum Gasteiger partial charge on any atom is -0.456 e. The Labute approximate surface area is 158 Å². The highest BCUT2D eigenvalue weighted by atomic mass is 19.1. The van der Waals surface area contributed by atoms with Gasteiger partial charge >= 0.3 is 5.97 Å². The number of hydrogen-bond donors (Lipinski definition) is 1. The first-order valence-electron chi connectivity index (χ1n) is 8.77. The van der Waals surface area contributed by atoms with E-state index in [9.17, 15) is 9.18 Å². The molecule has 0 unspecified atom stereocenters. The molecule has 0 amide bonds. The Balaban J connectivity index is 2.01. The average molecular weight is 363 g/mol. The van der Waals surface area contributed by atoms with E-state index in [-0.39, 0.29) is 5.82 Å². The zero-order chi connectivity index (χ0) is 19.4. The summed E-state index contributed by atoms with van der Waals surface area (Å²) in [6.07, 6.45) is 0. The number of benzene rings is 3. The molecule has 0 aromatic heterocycles. The van der Waals surface area contributed by atoms with Crippen LogP contribution in [0.15, 0.2) is 72.8 Å². The van der Waals surface area contributed by atoms with Crippen LogP contribution >= 0.6 is 0 Å². The summed E-state index contributed by atoms with van der Waals surface area (Å²) >= 11 is 0. The van der Waals surface area contributed by atoms with Crippen LogP contribution in [-0.2, 0) is 4.74 Å². The molecule has 3 nitrogen and oxygen atoms in total. The predicted octanol–water partition coefficient (Wildman–Crippen LogP) is 6.19. The van der Waals surface area contributed by atoms with Gasteiger partial charge in [0.1, 0.15) is 11.4 Å². The van der Waals surface area contributed by atoms with Gasteiger partial charge in [-0.25, -0.2) is 9.18 Å². The van der Waals surface area contributed by atoms with Crippen molar-refractivity contribution in [1.29, 1.82) is 0 Å². The Morgan fingerprint density at radius 1 is 0.889 bits per heavy atom. The summed E-state index contributed by atoms with van der Waals surface area (Å²) in [4.78, 5) is 12.7. The van der Waals surface area contributed by atoms with Crippen LogP contribution in [0.4, 0.5) is 15.8 Å². The molecule has 0 aliphatic rings. The van der Waals surface area contributed by atoms with Crippen molar-refractivity contribution in [2.45, 2.75) is 26.4 Å². The summed E-state index contributed by atoms with van der Waals surface area (Å²) in [5.41, 5.74) is 3.13. The van der Waals surface area contributed by atoms with E-state index in [0.29, 0.717) is 16.9 Å². The molecule has 0 spiro atoms. The summed E-state index contributed by atoms with van der Waals surface area (Å²) in [6.45, 7) is 5.49. The molecule has 3 aromatic rings. The minimum absolute atomic E-state index is 0.314. The van der Waals surface area contributed by atoms with Crippen molar-refractivity contribution in [2.24, 2.45) is 0 Å². The van der Waals surface area contributed by atoms with Crippen molar-refractivity contribution in [1.82, 2.24) is 0 Å². The third kappa shape index (κ3) is 4.94. The standard InChI is InChI=1S/C23H22FNO2/c1-23(2,3)27-22(26)20-14-9-17(16-7-5-4-6-8-16)15-21(20)25-19-12-10-18(24)11-13-19/h4-15,25H,1-3H3. The fraction of sp³-hybridized carbons (Fsp3) is 0.174. The van der Waals surface area contributed by atoms with Crippen molar-refractivity contribution < 1.29 is 13.9 Å². The molecule has 0 bridgehead atoms. The molecule has 3 aromatic carbocycles. The highest BCUT2D eigenvalue weighted by molar-refractivity contribution is 5.98. The minimum atomic E-state index is -0.595. The Morgan fingerprint density at radius 3 is 2.19 bits per heavy atom. The van der Waals surface area contributed by atoms with Crippen LogP contribution in [0.1, 0.15) is 31.1 Å². The van der Waals surface area contributed by atoms with Crippen molar-refractivity contribution in [3.05, 3.63) is 84.2 Å². The topological polar surface area (TPSA) is 38.3 Å². The van der Waals surface area contributed by atoms with Crippen LogP contribution in [0.5, 0.6) is 0 Å². The summed E-state index contributed by atoms with van der Waals surface area (Å²) in [6, 6.07) is 21.4. The van der Waals surface area contributed by atoms with Gasteiger partial charge in [0.05, 0.1) is 11.3 Å². The maximum Gasteiger partial charge on any atom is 0.340 e. The molecule has 0 saturated carbocycles. The van der Waals surface area contributed by atoms with Crippen molar-refractivity contribution >= 4 is 17.3 Å². The van der Waals surface area contributed by atoms with Crippen LogP contribution in [0, 0.1) is 5.82 Å². The quantitative estimate of drug-likeness (QED) is 0.562. The molecular weight excluding hydrogens is 341 g/mol. The average Bonchev–Trinajstić information content (AvgIpc) is 2.63. The summed E-state index contributed by atoms with van der Waals surface area (Å²) in [5, 5.41) is 3.21. The second-order valence-corrected chi connectivity index (χ2v) is 7.26. The van der Waals surface area contributed by atoms with Gasteiger partial charge in [-0.05, 0) is 68.3 Å². The fourth-order valence-corrected chi connectivity index (χ4v) is 2.66. The summed E-state index contributed by atoms with van der Waals surface area (Å²) in [7, 11) is 0. The van der Waals surface area contributed by atoms with Gasteiger partial charge in [-0.15, -0.1) is 0 Å². The van der Waals surface area contributed by atoms with Gasteiger partial charge < -0.3 is 10.1 Å². The Bertz CT molecular complexity index is 929. The lowest BCUT2D eigenvalue weighted by molar-refractivity contribution is 0.00708. The van der Waals surface area contributed by atoms with Crippen LogP contribution in [0.25, 0.3) is 11.1 Å². The molecule has 0 saturated heterocycles. The molecular formula is C23H22FNO2. The number of carbonyl (C=O) groups is 1. The van der Waals surface area contributed by atoms with Crippen molar-refractivity contribution in [2.75, 3.05) is 5.32 Å². The van der Waals surface area contributed by atoms with Crippen LogP contribution < -0.4 is 5.32 Å². The van der Waals surface area contributed by atoms with E-state index in [1.807, 2.05) is 63.2 Å². The van der Waals surface area contributed by atoms with Crippen molar-refractivity contribution in [3.63, 3.8) is 0 Å². The lowest BCUT2D eigenvalue weighted by Crippen LogP contribution is -2.24. The molecule has 0 atom stereocenters. The summed E-state index contributed by atoms with van der Waals surface area (Å²) in [5.74, 6) is -0.724. The number of rotatable bonds is 4. The van der Waals surface area contributed by atoms with Crippen LogP contribution in [0.2, 0.25) is 0 Å². The Hall–Kier alpha value is -3.14. The Kier molecular flexibility index (Phi) is 5.26. The first-order chi connectivity index (χ1) is 12.8. The second kappa shape index (κ2) is 7.62. The normalized spacial score (nSPS) is 11.1. The monoisotopic (exact) mass is 363 g/mol. The number of anilines is 2. The molecule has 138 valence electrons. The first-order valence-corrected chi connectivity index (χ1v) is 8.77. The molecule has 0 heterocycles. The summed E-state index contributed by atoms with van der Waals surface area (Å²) < 4.78 is 18.7. The molecule has 0 aliphatic carbocycles. The van der Waals surface area contributed by atoms with Gasteiger partial charge in [-0.2, -0.15) is 0 Å². The van der Waals surface area contributed by atoms with Crippen molar-refractivity contribution in [3.8, 4) is 11.1 Å². The number of nitrogens with one attached hydrogen (secondary N) is 1. The number of hydrogen-bond acceptors (Lipinski definition) is 3. The maximum atomic E-state index is 13.2. The van der Waals surface area contributed by atoms with Crippen LogP contribution in [-0.4, -0.2) is 11.6 Å². The van der Waals surface area contributed by atoms with E-state index in [1.165, 1.54) is 12.1 Å². The third-order valence-electron chi connectivity index (χ3n) is 3.87. The lowest BCUT2D eigenvalue weighted by atomic mass is 10.0. The smallest absolute Gasteiger partial charge is 0.340 e. The molecule has 0 fully saturated rings. The van der Waals surface area contributed by atoms with Gasteiger partial charge in [0.15, 0.2) is 0 Å².